The Hall–Kier alpha value is -2.51. The second kappa shape index (κ2) is 5.71. The van der Waals surface area contributed by atoms with Crippen LogP contribution < -0.4 is 10.1 Å². The molecule has 1 N–H and O–H groups in total. The van der Waals surface area contributed by atoms with E-state index >= 15 is 0 Å². The molecule has 0 aliphatic rings. The molecule has 0 aliphatic heterocycles. The van der Waals surface area contributed by atoms with E-state index in [1.165, 1.54) is 24.3 Å². The number of aromatic nitrogens is 5. The quantitative estimate of drug-likeness (QED) is 0.806. The maximum absolute atomic E-state index is 11.6. The van der Waals surface area contributed by atoms with Crippen LogP contribution in [-0.4, -0.2) is 38.2 Å². The highest BCUT2D eigenvalue weighted by Gasteiger charge is 2.04. The summed E-state index contributed by atoms with van der Waals surface area (Å²) in [6, 6.07) is 3.40. The topological polar surface area (TPSA) is 94.8 Å². The van der Waals surface area contributed by atoms with Crippen LogP contribution in [0.1, 0.15) is 6.42 Å². The zero-order chi connectivity index (χ0) is 12.8. The van der Waals surface area contributed by atoms with Crippen molar-refractivity contribution in [2.75, 3.05) is 12.4 Å². The summed E-state index contributed by atoms with van der Waals surface area (Å²) >= 11 is 0. The van der Waals surface area contributed by atoms with E-state index < -0.39 is 0 Å². The lowest BCUT2D eigenvalue weighted by Gasteiger charge is -2.05. The standard InChI is InChI=1S/C10H12N6O2/c1-18-10-3-2-8(6-11-10)13-9(17)4-5-16-7-12-14-15-16/h2-3,6-7H,4-5H2,1H3,(H,13,17). The van der Waals surface area contributed by atoms with E-state index in [4.69, 9.17) is 4.74 Å². The fraction of sp³-hybridized carbons (Fsp3) is 0.300. The molecule has 0 saturated heterocycles. The summed E-state index contributed by atoms with van der Waals surface area (Å²) in [6.45, 7) is 0.433. The molecule has 94 valence electrons. The molecule has 0 radical (unpaired) electrons. The summed E-state index contributed by atoms with van der Waals surface area (Å²) in [4.78, 5) is 15.6. The van der Waals surface area contributed by atoms with Crippen LogP contribution in [0.3, 0.4) is 0 Å². The molecular formula is C10H12N6O2. The third kappa shape index (κ3) is 3.24. The van der Waals surface area contributed by atoms with Crippen molar-refractivity contribution in [3.63, 3.8) is 0 Å². The molecule has 0 fully saturated rings. The van der Waals surface area contributed by atoms with Gasteiger partial charge in [-0.3, -0.25) is 4.79 Å². The third-order valence-corrected chi connectivity index (χ3v) is 2.19. The Morgan fingerprint density at radius 2 is 2.39 bits per heavy atom. The molecule has 0 saturated carbocycles. The van der Waals surface area contributed by atoms with Crippen LogP contribution in [0.2, 0.25) is 0 Å². The van der Waals surface area contributed by atoms with Gasteiger partial charge in [-0.2, -0.15) is 0 Å². The Bertz CT molecular complexity index is 496. The van der Waals surface area contributed by atoms with Gasteiger partial charge in [0.25, 0.3) is 0 Å². The number of nitrogens with one attached hydrogen (secondary N) is 1. The lowest BCUT2D eigenvalue weighted by atomic mass is 10.3. The summed E-state index contributed by atoms with van der Waals surface area (Å²) in [5.74, 6) is 0.374. The van der Waals surface area contributed by atoms with Gasteiger partial charge in [-0.1, -0.05) is 0 Å². The molecule has 2 aromatic heterocycles. The van der Waals surface area contributed by atoms with Crippen molar-refractivity contribution < 1.29 is 9.53 Å². The van der Waals surface area contributed by atoms with Gasteiger partial charge in [0.1, 0.15) is 6.33 Å². The highest BCUT2D eigenvalue weighted by Crippen LogP contribution is 2.11. The summed E-state index contributed by atoms with van der Waals surface area (Å²) in [5.41, 5.74) is 0.623. The SMILES string of the molecule is COc1ccc(NC(=O)CCn2cnnn2)cn1. The number of rotatable bonds is 5. The van der Waals surface area contributed by atoms with Crippen molar-refractivity contribution in [2.24, 2.45) is 0 Å². The second-order valence-corrected chi connectivity index (χ2v) is 3.46. The molecule has 2 aromatic rings. The first-order valence-corrected chi connectivity index (χ1v) is 5.28. The van der Waals surface area contributed by atoms with E-state index in [1.807, 2.05) is 0 Å². The van der Waals surface area contributed by atoms with E-state index in [0.29, 0.717) is 18.1 Å². The number of anilines is 1. The molecule has 0 aromatic carbocycles. The largest absolute Gasteiger partial charge is 0.481 e. The van der Waals surface area contributed by atoms with Crippen LogP contribution in [-0.2, 0) is 11.3 Å². The first-order valence-electron chi connectivity index (χ1n) is 5.28. The van der Waals surface area contributed by atoms with Crippen LogP contribution in [0.25, 0.3) is 0 Å². The monoisotopic (exact) mass is 248 g/mol. The van der Waals surface area contributed by atoms with Crippen molar-refractivity contribution in [2.45, 2.75) is 13.0 Å². The molecule has 0 atom stereocenters. The van der Waals surface area contributed by atoms with E-state index in [-0.39, 0.29) is 12.3 Å². The van der Waals surface area contributed by atoms with Gasteiger partial charge in [0, 0.05) is 12.5 Å². The highest BCUT2D eigenvalue weighted by atomic mass is 16.5. The number of methoxy groups -OCH3 is 1. The number of tetrazole rings is 1. The fourth-order valence-corrected chi connectivity index (χ4v) is 1.30. The van der Waals surface area contributed by atoms with Crippen molar-refractivity contribution >= 4 is 11.6 Å². The van der Waals surface area contributed by atoms with Crippen LogP contribution in [0.4, 0.5) is 5.69 Å². The Morgan fingerprint density at radius 3 is 3.00 bits per heavy atom. The maximum atomic E-state index is 11.6. The number of pyridine rings is 1. The van der Waals surface area contributed by atoms with Crippen molar-refractivity contribution in [3.8, 4) is 5.88 Å². The van der Waals surface area contributed by atoms with Gasteiger partial charge in [-0.15, -0.1) is 5.10 Å². The minimum absolute atomic E-state index is 0.127. The molecule has 8 nitrogen and oxygen atoms in total. The Balaban J connectivity index is 1.83. The van der Waals surface area contributed by atoms with Crippen molar-refractivity contribution in [1.82, 2.24) is 25.2 Å². The second-order valence-electron chi connectivity index (χ2n) is 3.46. The lowest BCUT2D eigenvalue weighted by molar-refractivity contribution is -0.116. The average Bonchev–Trinajstić information content (AvgIpc) is 2.90. The number of nitrogens with zero attached hydrogens (tertiary/aromatic N) is 5. The van der Waals surface area contributed by atoms with Crippen molar-refractivity contribution in [1.29, 1.82) is 0 Å². The smallest absolute Gasteiger partial charge is 0.226 e. The average molecular weight is 248 g/mol. The highest BCUT2D eigenvalue weighted by molar-refractivity contribution is 5.90. The van der Waals surface area contributed by atoms with Gasteiger partial charge < -0.3 is 10.1 Å². The molecule has 2 rings (SSSR count). The van der Waals surface area contributed by atoms with Gasteiger partial charge >= 0.3 is 0 Å². The van der Waals surface area contributed by atoms with E-state index in [0.717, 1.165) is 0 Å². The molecule has 18 heavy (non-hydrogen) atoms. The molecule has 2 heterocycles. The summed E-state index contributed by atoms with van der Waals surface area (Å²) in [6.07, 6.45) is 3.28. The summed E-state index contributed by atoms with van der Waals surface area (Å²) in [7, 11) is 1.53. The van der Waals surface area contributed by atoms with E-state index in [9.17, 15) is 4.79 Å². The predicted octanol–water partition coefficient (Wildman–Crippen LogP) is 0.105. The van der Waals surface area contributed by atoms with Crippen molar-refractivity contribution in [3.05, 3.63) is 24.7 Å². The maximum Gasteiger partial charge on any atom is 0.226 e. The van der Waals surface area contributed by atoms with Crippen LogP contribution in [0.5, 0.6) is 5.88 Å². The Labute approximate surface area is 103 Å². The molecule has 0 aliphatic carbocycles. The molecule has 0 bridgehead atoms. The number of aryl methyl sites for hydroxylation is 1. The number of carbonyl (C=O) groups excluding carboxylic acids is 1. The van der Waals surface area contributed by atoms with E-state index in [2.05, 4.69) is 25.8 Å². The predicted molar refractivity (Wildman–Crippen MR) is 61.9 cm³/mol. The van der Waals surface area contributed by atoms with Gasteiger partial charge in [0.05, 0.1) is 25.5 Å². The normalized spacial score (nSPS) is 10.1. The number of ether oxygens (including phenoxy) is 1. The van der Waals surface area contributed by atoms with Gasteiger partial charge in [-0.05, 0) is 16.5 Å². The van der Waals surface area contributed by atoms with E-state index in [1.54, 1.807) is 12.1 Å². The summed E-state index contributed by atoms with van der Waals surface area (Å²) in [5, 5.41) is 13.3. The minimum Gasteiger partial charge on any atom is -0.481 e. The summed E-state index contributed by atoms with van der Waals surface area (Å²) < 4.78 is 6.41. The van der Waals surface area contributed by atoms with Crippen LogP contribution >= 0.6 is 0 Å². The molecule has 8 heteroatoms. The van der Waals surface area contributed by atoms with Crippen LogP contribution in [0, 0.1) is 0 Å². The van der Waals surface area contributed by atoms with Gasteiger partial charge in [0.15, 0.2) is 0 Å². The first-order chi connectivity index (χ1) is 8.78. The number of carbonyl (C=O) groups is 1. The minimum atomic E-state index is -0.127. The van der Waals surface area contributed by atoms with Gasteiger partial charge in [0.2, 0.25) is 11.8 Å². The van der Waals surface area contributed by atoms with Crippen LogP contribution in [0.15, 0.2) is 24.7 Å². The molecular weight excluding hydrogens is 236 g/mol. The first kappa shape index (κ1) is 12.0. The number of amides is 1. The molecule has 0 spiro atoms. The Kier molecular flexibility index (Phi) is 3.79. The lowest BCUT2D eigenvalue weighted by Crippen LogP contribution is -2.14. The van der Waals surface area contributed by atoms with Gasteiger partial charge in [-0.25, -0.2) is 9.67 Å². The Morgan fingerprint density at radius 1 is 1.50 bits per heavy atom. The molecule has 1 amide bonds. The fourth-order valence-electron chi connectivity index (χ4n) is 1.30. The molecule has 0 unspecified atom stereocenters. The number of hydrogen-bond acceptors (Lipinski definition) is 6. The third-order valence-electron chi connectivity index (χ3n) is 2.19. The number of hydrogen-bond donors (Lipinski definition) is 1. The zero-order valence-electron chi connectivity index (χ0n) is 9.78. The zero-order valence-corrected chi connectivity index (χ0v) is 9.78.